The molecule has 0 saturated carbocycles. The Balaban J connectivity index is 2.26. The van der Waals surface area contributed by atoms with Gasteiger partial charge in [-0.2, -0.15) is 5.10 Å². The molecule has 2 aromatic rings. The van der Waals surface area contributed by atoms with E-state index in [1.807, 2.05) is 0 Å². The van der Waals surface area contributed by atoms with E-state index >= 15 is 0 Å². The van der Waals surface area contributed by atoms with Crippen molar-refractivity contribution in [2.75, 3.05) is 14.1 Å². The fourth-order valence-corrected chi connectivity index (χ4v) is 3.15. The molecule has 0 spiro atoms. The zero-order chi connectivity index (χ0) is 20.2. The minimum atomic E-state index is -3.68. The molecule has 10 heteroatoms. The zero-order valence-electron chi connectivity index (χ0n) is 14.9. The van der Waals surface area contributed by atoms with Crippen LogP contribution in [0.25, 0.3) is 0 Å². The second-order valence-corrected chi connectivity index (χ2v) is 7.88. The number of nitro benzene ring substituents is 1. The van der Waals surface area contributed by atoms with E-state index in [-0.39, 0.29) is 27.4 Å². The number of carbonyl (C=O) groups excluding carboxylic acids is 1. The number of hydrogen-bond acceptors (Lipinski definition) is 6. The molecule has 0 aliphatic carbocycles. The molecule has 0 atom stereocenters. The number of benzene rings is 2. The van der Waals surface area contributed by atoms with Crippen molar-refractivity contribution in [3.8, 4) is 0 Å². The molecule has 9 nitrogen and oxygen atoms in total. The molecular formula is C17H18N4O5S. The summed E-state index contributed by atoms with van der Waals surface area (Å²) >= 11 is 0. The largest absolute Gasteiger partial charge is 0.278 e. The van der Waals surface area contributed by atoms with E-state index in [0.29, 0.717) is 0 Å². The molecule has 142 valence electrons. The van der Waals surface area contributed by atoms with Crippen molar-refractivity contribution >= 4 is 27.3 Å². The van der Waals surface area contributed by atoms with E-state index in [1.54, 1.807) is 6.07 Å². The van der Waals surface area contributed by atoms with Crippen LogP contribution in [0.4, 0.5) is 5.69 Å². The van der Waals surface area contributed by atoms with Crippen LogP contribution in [0.5, 0.6) is 0 Å². The summed E-state index contributed by atoms with van der Waals surface area (Å²) in [5, 5.41) is 15.0. The van der Waals surface area contributed by atoms with Gasteiger partial charge in [-0.3, -0.25) is 14.9 Å². The molecule has 0 fully saturated rings. The van der Waals surface area contributed by atoms with Crippen LogP contribution in [-0.2, 0) is 10.0 Å². The number of rotatable bonds is 6. The number of amides is 1. The summed E-state index contributed by atoms with van der Waals surface area (Å²) in [6.45, 7) is 1.52. The Kier molecular flexibility index (Phi) is 6.03. The number of carbonyl (C=O) groups is 1. The molecule has 1 amide bonds. The van der Waals surface area contributed by atoms with Crippen LogP contribution >= 0.6 is 0 Å². The summed E-state index contributed by atoms with van der Waals surface area (Å²) < 4.78 is 25.4. The first-order valence-corrected chi connectivity index (χ1v) is 9.19. The van der Waals surface area contributed by atoms with Crippen LogP contribution in [0, 0.1) is 10.1 Å². The lowest BCUT2D eigenvalue weighted by Crippen LogP contribution is -2.23. The maximum Gasteiger partial charge on any atom is 0.278 e. The Hall–Kier alpha value is -3.11. The molecule has 0 radical (unpaired) electrons. The Morgan fingerprint density at radius 2 is 1.81 bits per heavy atom. The Labute approximate surface area is 156 Å². The fourth-order valence-electron chi connectivity index (χ4n) is 2.21. The van der Waals surface area contributed by atoms with Crippen LogP contribution in [0.2, 0.25) is 0 Å². The minimum Gasteiger partial charge on any atom is -0.267 e. The topological polar surface area (TPSA) is 122 Å². The molecule has 0 aromatic heterocycles. The number of sulfonamides is 1. The third-order valence-corrected chi connectivity index (χ3v) is 5.50. The molecule has 2 aromatic carbocycles. The van der Waals surface area contributed by atoms with Gasteiger partial charge in [0.15, 0.2) is 0 Å². The van der Waals surface area contributed by atoms with Gasteiger partial charge in [-0.1, -0.05) is 18.2 Å². The number of nitrogens with zero attached hydrogens (tertiary/aromatic N) is 3. The molecule has 0 bridgehead atoms. The molecule has 2 rings (SSSR count). The van der Waals surface area contributed by atoms with Gasteiger partial charge in [0.2, 0.25) is 10.0 Å². The first-order valence-electron chi connectivity index (χ1n) is 7.75. The normalized spacial score (nSPS) is 12.1. The molecule has 1 N–H and O–H groups in total. The fraction of sp³-hybridized carbons (Fsp3) is 0.176. The smallest absolute Gasteiger partial charge is 0.267 e. The number of hydrazone groups is 1. The van der Waals surface area contributed by atoms with Crippen LogP contribution in [-0.4, -0.2) is 43.4 Å². The van der Waals surface area contributed by atoms with Crippen molar-refractivity contribution in [1.82, 2.24) is 9.73 Å². The summed E-state index contributed by atoms with van der Waals surface area (Å²) in [4.78, 5) is 22.8. The number of hydrogen-bond donors (Lipinski definition) is 1. The summed E-state index contributed by atoms with van der Waals surface area (Å²) in [6, 6.07) is 11.5. The van der Waals surface area contributed by atoms with Gasteiger partial charge in [0.1, 0.15) is 0 Å². The minimum absolute atomic E-state index is 0.0282. The quantitative estimate of drug-likeness (QED) is 0.459. The van der Waals surface area contributed by atoms with Crippen molar-refractivity contribution in [3.05, 3.63) is 69.8 Å². The van der Waals surface area contributed by atoms with Crippen LogP contribution in [0.15, 0.2) is 58.5 Å². The van der Waals surface area contributed by atoms with Gasteiger partial charge in [-0.05, 0) is 31.2 Å². The van der Waals surface area contributed by atoms with E-state index in [2.05, 4.69) is 10.5 Å². The van der Waals surface area contributed by atoms with Crippen LogP contribution < -0.4 is 5.43 Å². The molecule has 0 saturated heterocycles. The molecular weight excluding hydrogens is 372 g/mol. The van der Waals surface area contributed by atoms with Crippen molar-refractivity contribution in [2.45, 2.75) is 11.8 Å². The third kappa shape index (κ3) is 4.54. The van der Waals surface area contributed by atoms with Crippen molar-refractivity contribution in [1.29, 1.82) is 0 Å². The van der Waals surface area contributed by atoms with Gasteiger partial charge in [0.05, 0.1) is 21.1 Å². The molecule has 0 aliphatic heterocycles. The highest BCUT2D eigenvalue weighted by Gasteiger charge is 2.19. The monoisotopic (exact) mass is 390 g/mol. The summed E-state index contributed by atoms with van der Waals surface area (Å²) in [7, 11) is -0.897. The van der Waals surface area contributed by atoms with Gasteiger partial charge in [0, 0.05) is 25.7 Å². The number of nitro groups is 1. The molecule has 0 unspecified atom stereocenters. The van der Waals surface area contributed by atoms with E-state index < -0.39 is 20.9 Å². The van der Waals surface area contributed by atoms with Crippen LogP contribution in [0.3, 0.4) is 0 Å². The second kappa shape index (κ2) is 8.06. The molecule has 0 heterocycles. The van der Waals surface area contributed by atoms with Crippen LogP contribution in [0.1, 0.15) is 22.8 Å². The highest BCUT2D eigenvalue weighted by Crippen LogP contribution is 2.18. The SMILES string of the molecule is C/C(=N/NC(=O)c1cccc(S(=O)(=O)N(C)C)c1)c1ccccc1[N+](=O)[O-]. The lowest BCUT2D eigenvalue weighted by molar-refractivity contribution is -0.385. The summed E-state index contributed by atoms with van der Waals surface area (Å²) in [5.41, 5.74) is 2.76. The van der Waals surface area contributed by atoms with E-state index in [1.165, 1.54) is 63.5 Å². The Morgan fingerprint density at radius 1 is 1.15 bits per heavy atom. The summed E-state index contributed by atoms with van der Waals surface area (Å²) in [5.74, 6) is -0.635. The predicted octanol–water partition coefficient (Wildman–Crippen LogP) is 2.00. The van der Waals surface area contributed by atoms with Crippen molar-refractivity contribution in [2.24, 2.45) is 5.10 Å². The first-order chi connectivity index (χ1) is 12.6. The van der Waals surface area contributed by atoms with E-state index in [0.717, 1.165) is 4.31 Å². The number of nitrogens with one attached hydrogen (secondary N) is 1. The molecule has 27 heavy (non-hydrogen) atoms. The molecule has 0 aliphatic rings. The summed E-state index contributed by atoms with van der Waals surface area (Å²) in [6.07, 6.45) is 0. The van der Waals surface area contributed by atoms with Crippen molar-refractivity contribution in [3.63, 3.8) is 0 Å². The van der Waals surface area contributed by atoms with Gasteiger partial charge in [-0.25, -0.2) is 18.1 Å². The Morgan fingerprint density at radius 3 is 2.44 bits per heavy atom. The van der Waals surface area contributed by atoms with Gasteiger partial charge < -0.3 is 0 Å². The average Bonchev–Trinajstić information content (AvgIpc) is 2.65. The van der Waals surface area contributed by atoms with Crippen molar-refractivity contribution < 1.29 is 18.1 Å². The first kappa shape index (κ1) is 20.2. The Bertz CT molecular complexity index is 1020. The lowest BCUT2D eigenvalue weighted by atomic mass is 10.1. The average molecular weight is 390 g/mol. The maximum absolute atomic E-state index is 12.3. The zero-order valence-corrected chi connectivity index (χ0v) is 15.7. The number of para-hydroxylation sites is 1. The lowest BCUT2D eigenvalue weighted by Gasteiger charge is -2.12. The van der Waals surface area contributed by atoms with Gasteiger partial charge in [-0.15, -0.1) is 0 Å². The van der Waals surface area contributed by atoms with Gasteiger partial charge >= 0.3 is 0 Å². The standard InChI is InChI=1S/C17H18N4O5S/c1-12(15-9-4-5-10-16(15)21(23)24)18-19-17(22)13-7-6-8-14(11-13)27(25,26)20(2)3/h4-11H,1-3H3,(H,19,22)/b18-12-. The highest BCUT2D eigenvalue weighted by atomic mass is 32.2. The maximum atomic E-state index is 12.3. The van der Waals surface area contributed by atoms with E-state index in [4.69, 9.17) is 0 Å². The highest BCUT2D eigenvalue weighted by molar-refractivity contribution is 7.89. The predicted molar refractivity (Wildman–Crippen MR) is 100 cm³/mol. The second-order valence-electron chi connectivity index (χ2n) is 5.73. The van der Waals surface area contributed by atoms with E-state index in [9.17, 15) is 23.3 Å². The van der Waals surface area contributed by atoms with Gasteiger partial charge in [0.25, 0.3) is 11.6 Å². The third-order valence-electron chi connectivity index (χ3n) is 3.69.